The SMILES string of the molecule is CC(=O)CCC(C)(Cl)C#N. The second-order valence-electron chi connectivity index (χ2n) is 2.51. The Morgan fingerprint density at radius 2 is 2.30 bits per heavy atom. The van der Waals surface area contributed by atoms with Crippen LogP contribution in [0.5, 0.6) is 0 Å². The van der Waals surface area contributed by atoms with E-state index in [4.69, 9.17) is 16.9 Å². The summed E-state index contributed by atoms with van der Waals surface area (Å²) in [5.74, 6) is 0.0714. The van der Waals surface area contributed by atoms with Crippen LogP contribution in [0.1, 0.15) is 26.7 Å². The summed E-state index contributed by atoms with van der Waals surface area (Å²) >= 11 is 5.65. The van der Waals surface area contributed by atoms with Crippen LogP contribution < -0.4 is 0 Å². The highest BCUT2D eigenvalue weighted by atomic mass is 35.5. The molecule has 0 aliphatic rings. The lowest BCUT2D eigenvalue weighted by Gasteiger charge is -2.09. The highest BCUT2D eigenvalue weighted by Gasteiger charge is 2.19. The Hall–Kier alpha value is -0.550. The Balaban J connectivity index is 3.71. The van der Waals surface area contributed by atoms with Gasteiger partial charge in [-0.1, -0.05) is 0 Å². The largest absolute Gasteiger partial charge is 0.300 e. The van der Waals surface area contributed by atoms with E-state index in [9.17, 15) is 4.79 Å². The Bertz CT molecular complexity index is 169. The molecule has 56 valence electrons. The quantitative estimate of drug-likeness (QED) is 0.590. The van der Waals surface area contributed by atoms with Gasteiger partial charge in [-0.05, 0) is 20.3 Å². The molecule has 3 heteroatoms. The fraction of sp³-hybridized carbons (Fsp3) is 0.714. The highest BCUT2D eigenvalue weighted by molar-refractivity contribution is 6.25. The molecular weight excluding hydrogens is 150 g/mol. The van der Waals surface area contributed by atoms with Crippen molar-refractivity contribution in [2.45, 2.75) is 31.6 Å². The molecule has 0 radical (unpaired) electrons. The van der Waals surface area contributed by atoms with Crippen LogP contribution in [0.2, 0.25) is 0 Å². The first-order chi connectivity index (χ1) is 4.48. The van der Waals surface area contributed by atoms with Crippen LogP contribution in [0.15, 0.2) is 0 Å². The lowest BCUT2D eigenvalue weighted by Crippen LogP contribution is -2.13. The molecule has 0 N–H and O–H groups in total. The maximum Gasteiger partial charge on any atom is 0.129 e. The van der Waals surface area contributed by atoms with Gasteiger partial charge in [-0.3, -0.25) is 0 Å². The van der Waals surface area contributed by atoms with E-state index in [2.05, 4.69) is 0 Å². The summed E-state index contributed by atoms with van der Waals surface area (Å²) in [7, 11) is 0. The average molecular weight is 160 g/mol. The molecule has 0 heterocycles. The van der Waals surface area contributed by atoms with Crippen molar-refractivity contribution < 1.29 is 4.79 Å². The molecule has 0 aromatic carbocycles. The zero-order valence-corrected chi connectivity index (χ0v) is 6.90. The Labute approximate surface area is 65.8 Å². The number of alkyl halides is 1. The molecule has 1 unspecified atom stereocenters. The lowest BCUT2D eigenvalue weighted by atomic mass is 10.1. The highest BCUT2D eigenvalue weighted by Crippen LogP contribution is 2.19. The molecule has 0 spiro atoms. The smallest absolute Gasteiger partial charge is 0.129 e. The van der Waals surface area contributed by atoms with Crippen molar-refractivity contribution in [3.05, 3.63) is 0 Å². The maximum atomic E-state index is 10.4. The fourth-order valence-electron chi connectivity index (χ4n) is 0.467. The zero-order valence-electron chi connectivity index (χ0n) is 6.15. The van der Waals surface area contributed by atoms with E-state index in [1.165, 1.54) is 6.92 Å². The van der Waals surface area contributed by atoms with Crippen LogP contribution in [-0.2, 0) is 4.79 Å². The number of Topliss-reactive ketones (excluding diaryl/α,β-unsaturated/α-hetero) is 1. The molecule has 0 rings (SSSR count). The summed E-state index contributed by atoms with van der Waals surface area (Å²) < 4.78 is 0. The van der Waals surface area contributed by atoms with E-state index in [0.29, 0.717) is 12.8 Å². The van der Waals surface area contributed by atoms with Crippen LogP contribution in [-0.4, -0.2) is 10.7 Å². The number of hydrogen-bond acceptors (Lipinski definition) is 2. The van der Waals surface area contributed by atoms with Crippen LogP contribution in [0.3, 0.4) is 0 Å². The fourth-order valence-corrected chi connectivity index (χ4v) is 0.561. The van der Waals surface area contributed by atoms with Gasteiger partial charge in [0, 0.05) is 6.42 Å². The molecule has 0 saturated heterocycles. The van der Waals surface area contributed by atoms with E-state index in [-0.39, 0.29) is 5.78 Å². The number of hydrogen-bond donors (Lipinski definition) is 0. The topological polar surface area (TPSA) is 40.9 Å². The monoisotopic (exact) mass is 159 g/mol. The van der Waals surface area contributed by atoms with Crippen LogP contribution >= 0.6 is 11.6 Å². The second kappa shape index (κ2) is 3.58. The number of nitriles is 1. The van der Waals surface area contributed by atoms with E-state index in [1.54, 1.807) is 6.92 Å². The van der Waals surface area contributed by atoms with Gasteiger partial charge >= 0.3 is 0 Å². The summed E-state index contributed by atoms with van der Waals surface area (Å²) in [4.78, 5) is 9.57. The van der Waals surface area contributed by atoms with Gasteiger partial charge in [-0.25, -0.2) is 0 Å². The van der Waals surface area contributed by atoms with Crippen molar-refractivity contribution in [3.8, 4) is 6.07 Å². The Kier molecular flexibility index (Phi) is 3.38. The number of carbonyl (C=O) groups excluding carboxylic acids is 1. The second-order valence-corrected chi connectivity index (χ2v) is 3.35. The molecule has 0 fully saturated rings. The third-order valence-electron chi connectivity index (χ3n) is 1.18. The number of carbonyl (C=O) groups is 1. The summed E-state index contributed by atoms with van der Waals surface area (Å²) in [6, 6.07) is 1.91. The molecule has 0 saturated carbocycles. The van der Waals surface area contributed by atoms with E-state index < -0.39 is 4.87 Å². The van der Waals surface area contributed by atoms with Gasteiger partial charge in [-0.15, -0.1) is 11.6 Å². The van der Waals surface area contributed by atoms with Crippen molar-refractivity contribution in [3.63, 3.8) is 0 Å². The average Bonchev–Trinajstić information content (AvgIpc) is 1.85. The number of nitrogens with zero attached hydrogens (tertiary/aromatic N) is 1. The lowest BCUT2D eigenvalue weighted by molar-refractivity contribution is -0.117. The Morgan fingerprint density at radius 3 is 2.60 bits per heavy atom. The van der Waals surface area contributed by atoms with Crippen molar-refractivity contribution in [2.75, 3.05) is 0 Å². The number of ketones is 1. The molecule has 0 aromatic rings. The predicted molar refractivity (Wildman–Crippen MR) is 39.8 cm³/mol. The number of halogens is 1. The van der Waals surface area contributed by atoms with Gasteiger partial charge in [0.05, 0.1) is 6.07 Å². The van der Waals surface area contributed by atoms with E-state index in [0.717, 1.165) is 0 Å². The number of rotatable bonds is 3. The molecule has 0 aromatic heterocycles. The van der Waals surface area contributed by atoms with Crippen LogP contribution in [0, 0.1) is 11.3 Å². The minimum atomic E-state index is -0.869. The van der Waals surface area contributed by atoms with Gasteiger partial charge in [0.25, 0.3) is 0 Å². The summed E-state index contributed by atoms with van der Waals surface area (Å²) in [6.07, 6.45) is 0.813. The first-order valence-electron chi connectivity index (χ1n) is 3.07. The van der Waals surface area contributed by atoms with Crippen molar-refractivity contribution in [2.24, 2.45) is 0 Å². The van der Waals surface area contributed by atoms with E-state index in [1.807, 2.05) is 6.07 Å². The summed E-state index contributed by atoms with van der Waals surface area (Å²) in [6.45, 7) is 3.10. The van der Waals surface area contributed by atoms with Crippen molar-refractivity contribution >= 4 is 17.4 Å². The first kappa shape index (κ1) is 9.45. The van der Waals surface area contributed by atoms with Crippen LogP contribution in [0.25, 0.3) is 0 Å². The predicted octanol–water partition coefficient (Wildman–Crippen LogP) is 1.88. The van der Waals surface area contributed by atoms with Crippen molar-refractivity contribution in [1.29, 1.82) is 5.26 Å². The van der Waals surface area contributed by atoms with E-state index >= 15 is 0 Å². The molecular formula is C7H10ClNO. The summed E-state index contributed by atoms with van der Waals surface area (Å²) in [5, 5.41) is 8.41. The van der Waals surface area contributed by atoms with Gasteiger partial charge < -0.3 is 4.79 Å². The van der Waals surface area contributed by atoms with Gasteiger partial charge in [0.2, 0.25) is 0 Å². The van der Waals surface area contributed by atoms with Gasteiger partial charge in [0.15, 0.2) is 0 Å². The standard InChI is InChI=1S/C7H10ClNO/c1-6(10)3-4-7(2,8)5-9/h3-4H2,1-2H3. The minimum absolute atomic E-state index is 0.0714. The molecule has 0 amide bonds. The maximum absolute atomic E-state index is 10.4. The Morgan fingerprint density at radius 1 is 1.80 bits per heavy atom. The molecule has 0 bridgehead atoms. The minimum Gasteiger partial charge on any atom is -0.300 e. The van der Waals surface area contributed by atoms with Gasteiger partial charge in [-0.2, -0.15) is 5.26 Å². The van der Waals surface area contributed by atoms with Crippen molar-refractivity contribution in [1.82, 2.24) is 0 Å². The zero-order chi connectivity index (χ0) is 8.20. The third-order valence-corrected chi connectivity index (χ3v) is 1.45. The molecule has 0 aliphatic carbocycles. The normalized spacial score (nSPS) is 15.4. The molecule has 0 aliphatic heterocycles. The van der Waals surface area contributed by atoms with Gasteiger partial charge in [0.1, 0.15) is 10.7 Å². The molecule has 10 heavy (non-hydrogen) atoms. The molecule has 1 atom stereocenters. The summed E-state index contributed by atoms with van der Waals surface area (Å²) in [5.41, 5.74) is 0. The first-order valence-corrected chi connectivity index (χ1v) is 3.45. The molecule has 2 nitrogen and oxygen atoms in total. The van der Waals surface area contributed by atoms with Crippen LogP contribution in [0.4, 0.5) is 0 Å². The third kappa shape index (κ3) is 4.34.